The largest absolute Gasteiger partial charge is 0.281 e. The smallest absolute Gasteiger partial charge is 0.273 e. The van der Waals surface area contributed by atoms with E-state index in [-0.39, 0.29) is 0 Å². The maximum Gasteiger partial charge on any atom is 0.281 e. The average Bonchev–Trinajstić information content (AvgIpc) is 2.48. The standard InChI is InChI=1S/C15H16O3S/c1-15(19(16,17)18-2,13-9-5-3-6-10-13)14-11-7-4-8-12-14/h3-12H,1-2H3. The van der Waals surface area contributed by atoms with Crippen LogP contribution in [0.1, 0.15) is 18.1 Å². The van der Waals surface area contributed by atoms with Gasteiger partial charge in [-0.3, -0.25) is 4.18 Å². The van der Waals surface area contributed by atoms with Crippen LogP contribution in [0.25, 0.3) is 0 Å². The first kappa shape index (κ1) is 13.8. The molecular weight excluding hydrogens is 260 g/mol. The van der Waals surface area contributed by atoms with Crippen molar-refractivity contribution in [1.82, 2.24) is 0 Å². The van der Waals surface area contributed by atoms with Gasteiger partial charge in [0, 0.05) is 0 Å². The number of benzene rings is 2. The fourth-order valence-corrected chi connectivity index (χ4v) is 3.32. The van der Waals surface area contributed by atoms with Crippen molar-refractivity contribution in [3.8, 4) is 0 Å². The van der Waals surface area contributed by atoms with Crippen molar-refractivity contribution in [1.29, 1.82) is 0 Å². The molecule has 0 radical (unpaired) electrons. The van der Waals surface area contributed by atoms with Gasteiger partial charge in [0.25, 0.3) is 10.1 Å². The summed E-state index contributed by atoms with van der Waals surface area (Å²) in [7, 11) is -2.57. The summed E-state index contributed by atoms with van der Waals surface area (Å²) in [5.74, 6) is 0. The van der Waals surface area contributed by atoms with Crippen LogP contribution in [0, 0.1) is 0 Å². The summed E-state index contributed by atoms with van der Waals surface area (Å²) in [6.07, 6.45) is 0. The van der Waals surface area contributed by atoms with Gasteiger partial charge in [-0.2, -0.15) is 8.42 Å². The average molecular weight is 276 g/mol. The van der Waals surface area contributed by atoms with Crippen molar-refractivity contribution in [2.75, 3.05) is 7.11 Å². The van der Waals surface area contributed by atoms with E-state index >= 15 is 0 Å². The normalized spacial score (nSPS) is 12.3. The summed E-state index contributed by atoms with van der Waals surface area (Å²) in [6, 6.07) is 18.2. The molecule has 2 aromatic carbocycles. The van der Waals surface area contributed by atoms with Crippen molar-refractivity contribution in [3.63, 3.8) is 0 Å². The zero-order chi connectivity index (χ0) is 13.9. The predicted molar refractivity (Wildman–Crippen MR) is 75.3 cm³/mol. The molecule has 0 bridgehead atoms. The zero-order valence-corrected chi connectivity index (χ0v) is 11.7. The molecule has 0 unspecified atom stereocenters. The Hall–Kier alpha value is -1.65. The van der Waals surface area contributed by atoms with Crippen LogP contribution in [0.15, 0.2) is 60.7 Å². The molecule has 0 heterocycles. The second-order valence-corrected chi connectivity index (χ2v) is 6.44. The summed E-state index contributed by atoms with van der Waals surface area (Å²) >= 11 is 0. The molecule has 19 heavy (non-hydrogen) atoms. The summed E-state index contributed by atoms with van der Waals surface area (Å²) in [5, 5.41) is 0. The van der Waals surface area contributed by atoms with Crippen molar-refractivity contribution in [3.05, 3.63) is 71.8 Å². The number of rotatable bonds is 4. The molecule has 0 saturated heterocycles. The van der Waals surface area contributed by atoms with E-state index in [0.717, 1.165) is 0 Å². The van der Waals surface area contributed by atoms with Gasteiger partial charge in [0.05, 0.1) is 7.11 Å². The Bertz CT molecular complexity index is 594. The Labute approximate surface area is 114 Å². The Morgan fingerprint density at radius 3 is 1.53 bits per heavy atom. The zero-order valence-electron chi connectivity index (χ0n) is 10.9. The molecule has 4 heteroatoms. The van der Waals surface area contributed by atoms with E-state index in [9.17, 15) is 8.42 Å². The van der Waals surface area contributed by atoms with Crippen LogP contribution in [0.2, 0.25) is 0 Å². The lowest BCUT2D eigenvalue weighted by Crippen LogP contribution is -2.34. The van der Waals surface area contributed by atoms with E-state index in [4.69, 9.17) is 4.18 Å². The fraction of sp³-hybridized carbons (Fsp3) is 0.200. The molecular formula is C15H16O3S. The van der Waals surface area contributed by atoms with Crippen LogP contribution in [0.5, 0.6) is 0 Å². The van der Waals surface area contributed by atoms with Gasteiger partial charge in [-0.15, -0.1) is 0 Å². The van der Waals surface area contributed by atoms with Crippen molar-refractivity contribution in [2.45, 2.75) is 11.7 Å². The lowest BCUT2D eigenvalue weighted by molar-refractivity contribution is 0.377. The molecule has 2 rings (SSSR count). The Kier molecular flexibility index (Phi) is 3.73. The second-order valence-electron chi connectivity index (χ2n) is 4.39. The summed E-state index contributed by atoms with van der Waals surface area (Å²) in [5.41, 5.74) is 1.37. The number of hydrogen-bond acceptors (Lipinski definition) is 3. The molecule has 0 N–H and O–H groups in total. The molecule has 3 nitrogen and oxygen atoms in total. The van der Waals surface area contributed by atoms with Crippen LogP contribution in [0.3, 0.4) is 0 Å². The second kappa shape index (κ2) is 5.15. The highest BCUT2D eigenvalue weighted by molar-refractivity contribution is 7.87. The van der Waals surface area contributed by atoms with Crippen LogP contribution >= 0.6 is 0 Å². The molecule has 0 spiro atoms. The van der Waals surface area contributed by atoms with E-state index < -0.39 is 14.9 Å². The molecule has 2 aromatic rings. The highest BCUT2D eigenvalue weighted by Crippen LogP contribution is 2.37. The summed E-state index contributed by atoms with van der Waals surface area (Å²) in [6.45, 7) is 1.66. The monoisotopic (exact) mass is 276 g/mol. The molecule has 0 saturated carbocycles. The van der Waals surface area contributed by atoms with Gasteiger partial charge in [-0.25, -0.2) is 0 Å². The van der Waals surface area contributed by atoms with E-state index in [1.54, 1.807) is 31.2 Å². The van der Waals surface area contributed by atoms with E-state index in [0.29, 0.717) is 11.1 Å². The summed E-state index contributed by atoms with van der Waals surface area (Å²) in [4.78, 5) is 0. The quantitative estimate of drug-likeness (QED) is 0.806. The van der Waals surface area contributed by atoms with Gasteiger partial charge < -0.3 is 0 Å². The molecule has 0 amide bonds. The van der Waals surface area contributed by atoms with Gasteiger partial charge in [-0.1, -0.05) is 60.7 Å². The minimum absolute atomic E-state index is 0.683. The Balaban J connectivity index is 2.72. The first-order valence-corrected chi connectivity index (χ1v) is 7.34. The fourth-order valence-electron chi connectivity index (χ4n) is 2.13. The molecule has 100 valence electrons. The van der Waals surface area contributed by atoms with E-state index in [2.05, 4.69) is 0 Å². The van der Waals surface area contributed by atoms with E-state index in [1.807, 2.05) is 36.4 Å². The van der Waals surface area contributed by atoms with Gasteiger partial charge in [0.1, 0.15) is 4.75 Å². The highest BCUT2D eigenvalue weighted by atomic mass is 32.2. The maximum absolute atomic E-state index is 12.4. The van der Waals surface area contributed by atoms with Crippen molar-refractivity contribution < 1.29 is 12.6 Å². The van der Waals surface area contributed by atoms with Crippen molar-refractivity contribution in [2.24, 2.45) is 0 Å². The van der Waals surface area contributed by atoms with Gasteiger partial charge in [0.2, 0.25) is 0 Å². The first-order valence-electron chi connectivity index (χ1n) is 5.93. The third-order valence-electron chi connectivity index (χ3n) is 3.37. The highest BCUT2D eigenvalue weighted by Gasteiger charge is 2.42. The maximum atomic E-state index is 12.4. The molecule has 0 aliphatic heterocycles. The van der Waals surface area contributed by atoms with Gasteiger partial charge in [-0.05, 0) is 18.1 Å². The molecule has 0 aliphatic carbocycles. The molecule has 0 atom stereocenters. The third kappa shape index (κ3) is 2.29. The minimum atomic E-state index is -3.77. The van der Waals surface area contributed by atoms with Crippen LogP contribution < -0.4 is 0 Å². The van der Waals surface area contributed by atoms with Crippen LogP contribution in [0.4, 0.5) is 0 Å². The van der Waals surface area contributed by atoms with Crippen LogP contribution in [-0.2, 0) is 19.0 Å². The Morgan fingerprint density at radius 2 is 1.21 bits per heavy atom. The van der Waals surface area contributed by atoms with Gasteiger partial charge in [0.15, 0.2) is 0 Å². The van der Waals surface area contributed by atoms with E-state index in [1.165, 1.54) is 7.11 Å². The molecule has 0 fully saturated rings. The third-order valence-corrected chi connectivity index (χ3v) is 5.28. The topological polar surface area (TPSA) is 43.4 Å². The van der Waals surface area contributed by atoms with Gasteiger partial charge >= 0.3 is 0 Å². The minimum Gasteiger partial charge on any atom is -0.273 e. The molecule has 0 aromatic heterocycles. The first-order chi connectivity index (χ1) is 9.02. The SMILES string of the molecule is COS(=O)(=O)C(C)(c1ccccc1)c1ccccc1. The lowest BCUT2D eigenvalue weighted by atomic mass is 9.92. The van der Waals surface area contributed by atoms with Crippen LogP contribution in [-0.4, -0.2) is 15.5 Å². The molecule has 0 aliphatic rings. The lowest BCUT2D eigenvalue weighted by Gasteiger charge is -2.29. The summed E-state index contributed by atoms with van der Waals surface area (Å²) < 4.78 is 28.4. The van der Waals surface area contributed by atoms with Crippen molar-refractivity contribution >= 4 is 10.1 Å². The Morgan fingerprint density at radius 1 is 0.842 bits per heavy atom. The number of hydrogen-bond donors (Lipinski definition) is 0. The predicted octanol–water partition coefficient (Wildman–Crippen LogP) is 2.93.